The molecule has 162 valence electrons. The van der Waals surface area contributed by atoms with Gasteiger partial charge in [0.2, 0.25) is 11.8 Å². The number of rotatable bonds is 11. The van der Waals surface area contributed by atoms with E-state index in [0.29, 0.717) is 25.9 Å². The van der Waals surface area contributed by atoms with Crippen molar-refractivity contribution in [3.63, 3.8) is 0 Å². The van der Waals surface area contributed by atoms with Gasteiger partial charge in [0, 0.05) is 12.8 Å². The van der Waals surface area contributed by atoms with Crippen LogP contribution in [0.5, 0.6) is 0 Å². The van der Waals surface area contributed by atoms with E-state index < -0.39 is 23.6 Å². The predicted octanol–water partition coefficient (Wildman–Crippen LogP) is 2.17. The zero-order valence-corrected chi connectivity index (χ0v) is 17.7. The number of carbonyl (C=O) groups excluding carboxylic acids is 3. The van der Waals surface area contributed by atoms with E-state index in [1.165, 1.54) is 0 Å². The van der Waals surface area contributed by atoms with Crippen LogP contribution < -0.4 is 16.8 Å². The lowest BCUT2D eigenvalue weighted by atomic mass is 10.1. The molecule has 1 aromatic carbocycles. The Morgan fingerprint density at radius 3 is 2.07 bits per heavy atom. The molecule has 8 heteroatoms. The zero-order chi connectivity index (χ0) is 22.0. The van der Waals surface area contributed by atoms with Crippen LogP contribution in [-0.2, 0) is 32.1 Å². The van der Waals surface area contributed by atoms with Crippen LogP contribution in [0.1, 0.15) is 58.1 Å². The highest BCUT2D eigenvalue weighted by molar-refractivity contribution is 5.74. The summed E-state index contributed by atoms with van der Waals surface area (Å²) in [5.74, 6) is -0.773. The fourth-order valence-corrected chi connectivity index (χ4v) is 2.59. The minimum atomic E-state index is -0.626. The summed E-state index contributed by atoms with van der Waals surface area (Å²) in [7, 11) is 0. The number of aryl methyl sites for hydroxylation is 1. The second-order valence-corrected chi connectivity index (χ2v) is 8.06. The highest BCUT2D eigenvalue weighted by Gasteiger charge is 2.24. The van der Waals surface area contributed by atoms with Crippen LogP contribution >= 0.6 is 0 Å². The van der Waals surface area contributed by atoms with Gasteiger partial charge in [0.1, 0.15) is 5.60 Å². The lowest BCUT2D eigenvalue weighted by Gasteiger charge is -2.27. The number of amides is 3. The largest absolute Gasteiger partial charge is 0.444 e. The van der Waals surface area contributed by atoms with Crippen LogP contribution in [-0.4, -0.2) is 35.7 Å². The van der Waals surface area contributed by atoms with E-state index in [1.54, 1.807) is 20.8 Å². The van der Waals surface area contributed by atoms with E-state index in [4.69, 9.17) is 20.9 Å². The van der Waals surface area contributed by atoms with Gasteiger partial charge in [0.15, 0.2) is 0 Å². The number of benzene rings is 1. The smallest absolute Gasteiger partial charge is 0.407 e. The molecular weight excluding hydrogens is 374 g/mol. The fraction of sp³-hybridized carbons (Fsp3) is 0.571. The van der Waals surface area contributed by atoms with E-state index >= 15 is 0 Å². The highest BCUT2D eigenvalue weighted by atomic mass is 16.6. The number of alkyl carbamates (subject to hydrolysis) is 1. The number of hydrogen-bond acceptors (Lipinski definition) is 5. The highest BCUT2D eigenvalue weighted by Crippen LogP contribution is 2.13. The molecule has 0 aromatic heterocycles. The normalized spacial score (nSPS) is 13.4. The minimum Gasteiger partial charge on any atom is -0.444 e. The van der Waals surface area contributed by atoms with Gasteiger partial charge in [-0.05, 0) is 51.7 Å². The van der Waals surface area contributed by atoms with Crippen LogP contribution in [0.25, 0.3) is 0 Å². The Morgan fingerprint density at radius 2 is 1.55 bits per heavy atom. The summed E-state index contributed by atoms with van der Waals surface area (Å²) in [5, 5.41) is 2.76. The zero-order valence-electron chi connectivity index (χ0n) is 17.7. The van der Waals surface area contributed by atoms with Crippen molar-refractivity contribution < 1.29 is 23.9 Å². The lowest BCUT2D eigenvalue weighted by molar-refractivity contribution is -0.119. The molecule has 1 rings (SSSR count). The molecule has 1 aromatic rings. The molecule has 0 spiro atoms. The first-order chi connectivity index (χ1) is 13.5. The minimum absolute atomic E-state index is 0.128. The maximum Gasteiger partial charge on any atom is 0.407 e. The molecule has 0 saturated heterocycles. The van der Waals surface area contributed by atoms with Gasteiger partial charge in [-0.3, -0.25) is 9.59 Å². The Balaban J connectivity index is 2.63. The average molecular weight is 408 g/mol. The molecule has 29 heavy (non-hydrogen) atoms. The Bertz CT molecular complexity index is 683. The van der Waals surface area contributed by atoms with Crippen molar-refractivity contribution in [3.05, 3.63) is 35.4 Å². The summed E-state index contributed by atoms with van der Waals surface area (Å²) in [5.41, 5.74) is 11.8. The third-order valence-electron chi connectivity index (χ3n) is 4.17. The van der Waals surface area contributed by atoms with E-state index in [2.05, 4.69) is 5.32 Å². The molecule has 8 nitrogen and oxygen atoms in total. The fourth-order valence-electron chi connectivity index (χ4n) is 2.59. The summed E-state index contributed by atoms with van der Waals surface area (Å²) in [6.07, 6.45) is 0.453. The van der Waals surface area contributed by atoms with Crippen LogP contribution in [0.3, 0.4) is 0 Å². The van der Waals surface area contributed by atoms with Gasteiger partial charge in [-0.1, -0.05) is 24.3 Å². The van der Waals surface area contributed by atoms with Crippen molar-refractivity contribution in [3.8, 4) is 0 Å². The summed E-state index contributed by atoms with van der Waals surface area (Å²) in [6.45, 7) is 7.48. The van der Waals surface area contributed by atoms with E-state index in [-0.39, 0.29) is 18.4 Å². The van der Waals surface area contributed by atoms with Crippen molar-refractivity contribution in [2.45, 2.75) is 77.7 Å². The van der Waals surface area contributed by atoms with Gasteiger partial charge in [-0.25, -0.2) is 4.79 Å². The number of nitrogens with two attached hydrogens (primary N) is 2. The molecule has 3 amide bonds. The summed E-state index contributed by atoms with van der Waals surface area (Å²) in [6, 6.07) is 7.27. The topological polar surface area (TPSA) is 134 Å². The molecule has 0 saturated carbocycles. The summed E-state index contributed by atoms with van der Waals surface area (Å²) in [4.78, 5) is 34.1. The van der Waals surface area contributed by atoms with Gasteiger partial charge in [0.25, 0.3) is 0 Å². The standard InChI is InChI=1S/C21H33N3O5/c1-14(17(10-12-19(23)26)24-20(27)29-21(2,3)4)28-13-16-7-5-15(6-8-16)9-11-18(22)25/h5-8,14,17H,9-13H2,1-4H3,(H2,22,25)(H2,23,26)(H,24,27)/t14-,17+/m1/s1. The monoisotopic (exact) mass is 407 g/mol. The average Bonchev–Trinajstić information content (AvgIpc) is 2.60. The van der Waals surface area contributed by atoms with Gasteiger partial charge in [0.05, 0.1) is 18.8 Å². The number of nitrogens with one attached hydrogen (secondary N) is 1. The summed E-state index contributed by atoms with van der Waals surface area (Å²) >= 11 is 0. The molecule has 0 aliphatic carbocycles. The van der Waals surface area contributed by atoms with Crippen molar-refractivity contribution in [2.75, 3.05) is 0 Å². The molecule has 5 N–H and O–H groups in total. The van der Waals surface area contributed by atoms with Crippen molar-refractivity contribution in [2.24, 2.45) is 11.5 Å². The first-order valence-electron chi connectivity index (χ1n) is 9.72. The number of primary amides is 2. The van der Waals surface area contributed by atoms with Crippen LogP contribution in [0.15, 0.2) is 24.3 Å². The van der Waals surface area contributed by atoms with Gasteiger partial charge in [-0.2, -0.15) is 0 Å². The number of carbonyl (C=O) groups is 3. The molecule has 2 atom stereocenters. The first kappa shape index (κ1) is 24.4. The van der Waals surface area contributed by atoms with Gasteiger partial charge in [-0.15, -0.1) is 0 Å². The SMILES string of the molecule is C[C@@H](OCc1ccc(CCC(N)=O)cc1)[C@H](CCC(N)=O)NC(=O)OC(C)(C)C. The van der Waals surface area contributed by atoms with Crippen molar-refractivity contribution in [1.82, 2.24) is 5.32 Å². The molecule has 0 aliphatic heterocycles. The second kappa shape index (κ2) is 11.4. The van der Waals surface area contributed by atoms with E-state index in [9.17, 15) is 14.4 Å². The van der Waals surface area contributed by atoms with E-state index in [0.717, 1.165) is 11.1 Å². The predicted molar refractivity (Wildman–Crippen MR) is 110 cm³/mol. The molecule has 0 radical (unpaired) electrons. The van der Waals surface area contributed by atoms with Gasteiger partial charge < -0.3 is 26.3 Å². The molecule has 0 unspecified atom stereocenters. The lowest BCUT2D eigenvalue weighted by Crippen LogP contribution is -2.45. The van der Waals surface area contributed by atoms with Crippen molar-refractivity contribution >= 4 is 17.9 Å². The van der Waals surface area contributed by atoms with Crippen LogP contribution in [0, 0.1) is 0 Å². The molecule has 0 aliphatic rings. The Hall–Kier alpha value is -2.61. The molecule has 0 fully saturated rings. The second-order valence-electron chi connectivity index (χ2n) is 8.06. The summed E-state index contributed by atoms with van der Waals surface area (Å²) < 4.78 is 11.2. The first-order valence-corrected chi connectivity index (χ1v) is 9.72. The van der Waals surface area contributed by atoms with Crippen molar-refractivity contribution in [1.29, 1.82) is 0 Å². The molecular formula is C21H33N3O5. The number of hydrogen-bond donors (Lipinski definition) is 3. The van der Waals surface area contributed by atoms with Crippen LogP contribution in [0.4, 0.5) is 4.79 Å². The van der Waals surface area contributed by atoms with Gasteiger partial charge >= 0.3 is 6.09 Å². The maximum absolute atomic E-state index is 12.1. The molecule has 0 bridgehead atoms. The quantitative estimate of drug-likeness (QED) is 0.517. The third-order valence-corrected chi connectivity index (χ3v) is 4.17. The Morgan fingerprint density at radius 1 is 1.00 bits per heavy atom. The molecule has 0 heterocycles. The van der Waals surface area contributed by atoms with Crippen LogP contribution in [0.2, 0.25) is 0 Å². The Kier molecular flexibility index (Phi) is 9.61. The Labute approximate surface area is 172 Å². The number of ether oxygens (including phenoxy) is 2. The maximum atomic E-state index is 12.1. The third kappa shape index (κ3) is 11.1. The van der Waals surface area contributed by atoms with E-state index in [1.807, 2.05) is 31.2 Å².